The monoisotopic (exact) mass is 595 g/mol. The van der Waals surface area contributed by atoms with Crippen molar-refractivity contribution in [3.05, 3.63) is 102 Å². The molecule has 1 aromatic heterocycles. The fourth-order valence-corrected chi connectivity index (χ4v) is 4.74. The first kappa shape index (κ1) is 29.8. The third-order valence-corrected chi connectivity index (χ3v) is 6.85. The number of esters is 1. The first-order chi connectivity index (χ1) is 21.2. The first-order valence-electron chi connectivity index (χ1n) is 13.6. The van der Waals surface area contributed by atoms with Crippen molar-refractivity contribution in [3.8, 4) is 51.2 Å². The van der Waals surface area contributed by atoms with Gasteiger partial charge in [-0.3, -0.25) is 9.59 Å². The number of nitrogens with zero attached hydrogens (tertiary/aromatic N) is 2. The standard InChI is InChI=1S/C34H30FN3O6/c1-20-10-16-25(17-11-20)38-34(44-21(2)39)30(31(37-38)23-18-28(41-3)32(43-5)29(19-23)42-4)22-12-14-24(15-13-22)36-33(40)26-8-6-7-9-27(26)35/h6-19H,1-5H3,(H,36,40). The Bertz CT molecular complexity index is 1810. The Morgan fingerprint density at radius 3 is 2.02 bits per heavy atom. The third-order valence-electron chi connectivity index (χ3n) is 6.85. The molecule has 0 unspecified atom stereocenters. The quantitative estimate of drug-likeness (QED) is 0.186. The molecule has 0 saturated heterocycles. The maximum atomic E-state index is 14.2. The van der Waals surface area contributed by atoms with Crippen LogP contribution in [0, 0.1) is 12.7 Å². The second-order valence-corrected chi connectivity index (χ2v) is 9.80. The van der Waals surface area contributed by atoms with Crippen molar-refractivity contribution in [2.45, 2.75) is 13.8 Å². The molecule has 1 heterocycles. The number of hydrogen-bond acceptors (Lipinski definition) is 7. The first-order valence-corrected chi connectivity index (χ1v) is 13.6. The molecule has 0 aliphatic rings. The SMILES string of the molecule is COc1cc(-c2nn(-c3ccc(C)cc3)c(OC(C)=O)c2-c2ccc(NC(=O)c3ccccc3F)cc2)cc(OC)c1OC. The highest BCUT2D eigenvalue weighted by Gasteiger charge is 2.27. The van der Waals surface area contributed by atoms with Crippen LogP contribution in [-0.4, -0.2) is 43.0 Å². The molecule has 9 nitrogen and oxygen atoms in total. The molecule has 1 N–H and O–H groups in total. The third kappa shape index (κ3) is 5.96. The van der Waals surface area contributed by atoms with E-state index in [0.29, 0.717) is 51.0 Å². The molecule has 0 saturated carbocycles. The highest BCUT2D eigenvalue weighted by atomic mass is 19.1. The molecule has 0 aliphatic carbocycles. The van der Waals surface area contributed by atoms with E-state index < -0.39 is 17.7 Å². The largest absolute Gasteiger partial charge is 0.493 e. The van der Waals surface area contributed by atoms with Crippen LogP contribution in [0.5, 0.6) is 23.1 Å². The van der Waals surface area contributed by atoms with Gasteiger partial charge in [0.05, 0.1) is 38.1 Å². The molecule has 5 rings (SSSR count). The van der Waals surface area contributed by atoms with Crippen molar-refractivity contribution in [3.63, 3.8) is 0 Å². The van der Waals surface area contributed by atoms with Crippen LogP contribution in [0.3, 0.4) is 0 Å². The summed E-state index contributed by atoms with van der Waals surface area (Å²) in [5.74, 6) is -0.310. The van der Waals surface area contributed by atoms with Gasteiger partial charge in [0.25, 0.3) is 5.91 Å². The van der Waals surface area contributed by atoms with E-state index in [9.17, 15) is 14.0 Å². The molecular formula is C34H30FN3O6. The van der Waals surface area contributed by atoms with E-state index in [2.05, 4.69) is 5.32 Å². The van der Waals surface area contributed by atoms with Gasteiger partial charge < -0.3 is 24.3 Å². The van der Waals surface area contributed by atoms with Crippen molar-refractivity contribution in [1.29, 1.82) is 0 Å². The number of nitrogens with one attached hydrogen (secondary N) is 1. The molecule has 0 fully saturated rings. The zero-order valence-corrected chi connectivity index (χ0v) is 24.8. The molecule has 10 heteroatoms. The van der Waals surface area contributed by atoms with Crippen LogP contribution in [0.15, 0.2) is 84.9 Å². The number of rotatable bonds is 9. The topological polar surface area (TPSA) is 101 Å². The summed E-state index contributed by atoms with van der Waals surface area (Å²) in [7, 11) is 4.56. The summed E-state index contributed by atoms with van der Waals surface area (Å²) in [6.07, 6.45) is 0. The number of carbonyl (C=O) groups is 2. The van der Waals surface area contributed by atoms with E-state index in [1.54, 1.807) is 47.1 Å². The van der Waals surface area contributed by atoms with Gasteiger partial charge in [-0.1, -0.05) is 42.0 Å². The number of anilines is 1. The van der Waals surface area contributed by atoms with Crippen molar-refractivity contribution >= 4 is 17.6 Å². The number of amides is 1. The van der Waals surface area contributed by atoms with Gasteiger partial charge in [0.2, 0.25) is 11.6 Å². The lowest BCUT2D eigenvalue weighted by atomic mass is 10.00. The number of aryl methyl sites for hydroxylation is 1. The van der Waals surface area contributed by atoms with Crippen molar-refractivity contribution in [2.75, 3.05) is 26.6 Å². The van der Waals surface area contributed by atoms with Crippen molar-refractivity contribution in [1.82, 2.24) is 9.78 Å². The number of benzene rings is 4. The Hall–Kier alpha value is -5.64. The number of carbonyl (C=O) groups excluding carboxylic acids is 2. The van der Waals surface area contributed by atoms with Crippen LogP contribution in [0.2, 0.25) is 0 Å². The zero-order valence-electron chi connectivity index (χ0n) is 24.8. The van der Waals surface area contributed by atoms with Crippen molar-refractivity contribution < 1.29 is 32.9 Å². The summed E-state index contributed by atoms with van der Waals surface area (Å²) in [6, 6.07) is 23.7. The van der Waals surface area contributed by atoms with Gasteiger partial charge in [-0.05, 0) is 61.0 Å². The van der Waals surface area contributed by atoms with E-state index in [1.807, 2.05) is 31.2 Å². The number of halogens is 1. The van der Waals surface area contributed by atoms with Gasteiger partial charge in [-0.2, -0.15) is 9.78 Å². The number of ether oxygens (including phenoxy) is 4. The van der Waals surface area contributed by atoms with Crippen LogP contribution in [0.4, 0.5) is 10.1 Å². The van der Waals surface area contributed by atoms with E-state index in [-0.39, 0.29) is 11.4 Å². The smallest absolute Gasteiger partial charge is 0.309 e. The summed E-state index contributed by atoms with van der Waals surface area (Å²) in [6.45, 7) is 3.29. The highest BCUT2D eigenvalue weighted by Crippen LogP contribution is 2.46. The predicted octanol–water partition coefficient (Wildman–Crippen LogP) is 6.86. The zero-order chi connectivity index (χ0) is 31.4. The maximum Gasteiger partial charge on any atom is 0.309 e. The minimum Gasteiger partial charge on any atom is -0.493 e. The molecule has 0 bridgehead atoms. The van der Waals surface area contributed by atoms with Gasteiger partial charge in [-0.25, -0.2) is 4.39 Å². The summed E-state index contributed by atoms with van der Waals surface area (Å²) < 4.78 is 38.2. The molecule has 0 spiro atoms. The molecule has 1 amide bonds. The van der Waals surface area contributed by atoms with Crippen LogP contribution in [0.1, 0.15) is 22.8 Å². The van der Waals surface area contributed by atoms with E-state index in [4.69, 9.17) is 24.0 Å². The molecule has 0 aliphatic heterocycles. The summed E-state index contributed by atoms with van der Waals surface area (Å²) in [5.41, 5.74) is 4.28. The lowest BCUT2D eigenvalue weighted by molar-refractivity contribution is -0.132. The highest BCUT2D eigenvalue weighted by molar-refractivity contribution is 6.04. The Morgan fingerprint density at radius 1 is 0.818 bits per heavy atom. The molecular weight excluding hydrogens is 565 g/mol. The van der Waals surface area contributed by atoms with Gasteiger partial charge in [0.15, 0.2) is 11.5 Å². The van der Waals surface area contributed by atoms with Gasteiger partial charge >= 0.3 is 5.97 Å². The van der Waals surface area contributed by atoms with Gasteiger partial charge in [-0.15, -0.1) is 0 Å². The van der Waals surface area contributed by atoms with E-state index >= 15 is 0 Å². The Kier molecular flexibility index (Phi) is 8.61. The second-order valence-electron chi connectivity index (χ2n) is 9.80. The molecule has 5 aromatic rings. The fourth-order valence-electron chi connectivity index (χ4n) is 4.74. The van der Waals surface area contributed by atoms with Crippen LogP contribution < -0.4 is 24.3 Å². The maximum absolute atomic E-state index is 14.2. The summed E-state index contributed by atoms with van der Waals surface area (Å²) in [4.78, 5) is 25.1. The number of aromatic nitrogens is 2. The summed E-state index contributed by atoms with van der Waals surface area (Å²) >= 11 is 0. The van der Waals surface area contributed by atoms with Gasteiger partial charge in [0.1, 0.15) is 11.5 Å². The lowest BCUT2D eigenvalue weighted by Crippen LogP contribution is -2.13. The molecule has 0 radical (unpaired) electrons. The normalized spacial score (nSPS) is 10.7. The van der Waals surface area contributed by atoms with Crippen molar-refractivity contribution in [2.24, 2.45) is 0 Å². The fraction of sp³-hybridized carbons (Fsp3) is 0.147. The molecule has 44 heavy (non-hydrogen) atoms. The minimum atomic E-state index is -0.619. The van der Waals surface area contributed by atoms with Crippen LogP contribution in [0.25, 0.3) is 28.1 Å². The molecule has 0 atom stereocenters. The Morgan fingerprint density at radius 2 is 1.45 bits per heavy atom. The van der Waals surface area contributed by atoms with Gasteiger partial charge in [0, 0.05) is 18.2 Å². The predicted molar refractivity (Wildman–Crippen MR) is 164 cm³/mol. The van der Waals surface area contributed by atoms with E-state index in [0.717, 1.165) is 5.56 Å². The Labute approximate surface area is 253 Å². The Balaban J connectivity index is 1.68. The van der Waals surface area contributed by atoms with E-state index in [1.165, 1.54) is 46.5 Å². The lowest BCUT2D eigenvalue weighted by Gasteiger charge is -2.14. The average molecular weight is 596 g/mol. The average Bonchev–Trinajstić information content (AvgIpc) is 3.39. The number of methoxy groups -OCH3 is 3. The van der Waals surface area contributed by atoms with Crippen LogP contribution >= 0.6 is 0 Å². The number of hydrogen-bond donors (Lipinski definition) is 1. The second kappa shape index (κ2) is 12.7. The minimum absolute atomic E-state index is 0.0715. The van der Waals surface area contributed by atoms with Crippen LogP contribution in [-0.2, 0) is 4.79 Å². The molecule has 224 valence electrons. The molecule has 4 aromatic carbocycles. The summed E-state index contributed by atoms with van der Waals surface area (Å²) in [5, 5.41) is 7.63.